The lowest BCUT2D eigenvalue weighted by Gasteiger charge is -2.31. The molecule has 0 radical (unpaired) electrons. The molecule has 0 heterocycles. The molecule has 2 aliphatic carbocycles. The molecule has 1 atom stereocenters. The summed E-state index contributed by atoms with van der Waals surface area (Å²) in [5, 5.41) is 10.1. The van der Waals surface area contributed by atoms with Gasteiger partial charge in [-0.05, 0) is 24.8 Å². The average Bonchev–Trinajstić information content (AvgIpc) is 2.02. The second kappa shape index (κ2) is 2.91. The van der Waals surface area contributed by atoms with Gasteiger partial charge in [0.2, 0.25) is 0 Å². The van der Waals surface area contributed by atoms with E-state index in [-0.39, 0.29) is 0 Å². The normalized spacial score (nSPS) is 33.9. The molecule has 2 rings (SSSR count). The van der Waals surface area contributed by atoms with E-state index in [9.17, 15) is 5.11 Å². The second-order valence-corrected chi connectivity index (χ2v) is 3.71. The van der Waals surface area contributed by atoms with Gasteiger partial charge < -0.3 is 5.11 Å². The van der Waals surface area contributed by atoms with Crippen LogP contribution in [-0.2, 0) is 0 Å². The highest BCUT2D eigenvalue weighted by molar-refractivity contribution is 5.28. The highest BCUT2D eigenvalue weighted by Gasteiger charge is 2.28. The number of fused-ring (bicyclic) bond motifs is 2. The van der Waals surface area contributed by atoms with E-state index >= 15 is 0 Å². The molecule has 2 aliphatic rings. The van der Waals surface area contributed by atoms with Crippen molar-refractivity contribution in [2.75, 3.05) is 0 Å². The van der Waals surface area contributed by atoms with Crippen LogP contribution in [0.3, 0.4) is 0 Å². The molecule has 0 spiro atoms. The molecule has 1 nitrogen and oxygen atoms in total. The Kier molecular flexibility index (Phi) is 1.89. The van der Waals surface area contributed by atoms with E-state index in [4.69, 9.17) is 0 Å². The zero-order chi connectivity index (χ0) is 8.44. The van der Waals surface area contributed by atoms with Gasteiger partial charge in [-0.15, -0.1) is 0 Å². The summed E-state index contributed by atoms with van der Waals surface area (Å²) in [6.45, 7) is 0. The summed E-state index contributed by atoms with van der Waals surface area (Å²) in [5.74, 6) is 0. The molecule has 2 bridgehead atoms. The molecular formula is C11H14O. The number of rotatable bonds is 0. The van der Waals surface area contributed by atoms with Crippen LogP contribution in [0, 0.1) is 0 Å². The van der Waals surface area contributed by atoms with Gasteiger partial charge in [-0.1, -0.05) is 30.4 Å². The van der Waals surface area contributed by atoms with Crippen molar-refractivity contribution < 1.29 is 5.11 Å². The summed E-state index contributed by atoms with van der Waals surface area (Å²) < 4.78 is 0. The predicted molar refractivity (Wildman–Crippen MR) is 49.8 cm³/mol. The van der Waals surface area contributed by atoms with Crippen molar-refractivity contribution in [1.29, 1.82) is 0 Å². The third-order valence-corrected chi connectivity index (χ3v) is 2.60. The van der Waals surface area contributed by atoms with Crippen molar-refractivity contribution in [3.63, 3.8) is 0 Å². The quantitative estimate of drug-likeness (QED) is 0.579. The Morgan fingerprint density at radius 1 is 1.33 bits per heavy atom. The third-order valence-electron chi connectivity index (χ3n) is 2.60. The molecule has 12 heavy (non-hydrogen) atoms. The first-order valence-corrected chi connectivity index (χ1v) is 4.53. The monoisotopic (exact) mass is 162 g/mol. The number of hydrogen-bond donors (Lipinski definition) is 1. The molecule has 1 N–H and O–H groups in total. The van der Waals surface area contributed by atoms with E-state index in [0.717, 1.165) is 25.7 Å². The zero-order valence-corrected chi connectivity index (χ0v) is 7.16. The standard InChI is InChI=1S/C11H14O/c12-11-7-3-1-2-5-10(9-11)6-4-8-11/h1-3,5-6,12H,4,7-9H2. The van der Waals surface area contributed by atoms with Crippen LogP contribution < -0.4 is 0 Å². The van der Waals surface area contributed by atoms with E-state index in [0.29, 0.717) is 0 Å². The molecule has 1 unspecified atom stereocenters. The first-order chi connectivity index (χ1) is 5.79. The van der Waals surface area contributed by atoms with Gasteiger partial charge in [-0.25, -0.2) is 0 Å². The Morgan fingerprint density at radius 3 is 3.17 bits per heavy atom. The summed E-state index contributed by atoms with van der Waals surface area (Å²) in [6.07, 6.45) is 14.0. The molecule has 0 saturated carbocycles. The minimum Gasteiger partial charge on any atom is -0.389 e. The summed E-state index contributed by atoms with van der Waals surface area (Å²) >= 11 is 0. The largest absolute Gasteiger partial charge is 0.389 e. The van der Waals surface area contributed by atoms with E-state index < -0.39 is 5.60 Å². The Bertz CT molecular complexity index is 260. The van der Waals surface area contributed by atoms with Gasteiger partial charge in [0.15, 0.2) is 0 Å². The van der Waals surface area contributed by atoms with Crippen LogP contribution in [0.1, 0.15) is 25.7 Å². The molecule has 0 aromatic rings. The maximum atomic E-state index is 10.1. The fraction of sp³-hybridized carbons (Fsp3) is 0.455. The lowest BCUT2D eigenvalue weighted by atomic mass is 9.81. The summed E-state index contributed by atoms with van der Waals surface area (Å²) in [5.41, 5.74) is 0.832. The lowest BCUT2D eigenvalue weighted by Crippen LogP contribution is -2.30. The first kappa shape index (κ1) is 7.81. The van der Waals surface area contributed by atoms with Gasteiger partial charge in [0.05, 0.1) is 5.60 Å². The van der Waals surface area contributed by atoms with Gasteiger partial charge in [-0.3, -0.25) is 0 Å². The van der Waals surface area contributed by atoms with Crippen LogP contribution in [0.25, 0.3) is 0 Å². The molecule has 0 aliphatic heterocycles. The van der Waals surface area contributed by atoms with Crippen molar-refractivity contribution in [2.45, 2.75) is 31.3 Å². The van der Waals surface area contributed by atoms with E-state index in [1.807, 2.05) is 6.08 Å². The lowest BCUT2D eigenvalue weighted by molar-refractivity contribution is 0.0319. The van der Waals surface area contributed by atoms with Crippen LogP contribution in [0.5, 0.6) is 0 Å². The molecular weight excluding hydrogens is 148 g/mol. The van der Waals surface area contributed by atoms with Crippen LogP contribution in [-0.4, -0.2) is 10.7 Å². The zero-order valence-electron chi connectivity index (χ0n) is 7.16. The molecule has 0 saturated heterocycles. The minimum atomic E-state index is -0.453. The topological polar surface area (TPSA) is 20.2 Å². The maximum Gasteiger partial charge on any atom is 0.0725 e. The first-order valence-electron chi connectivity index (χ1n) is 4.53. The van der Waals surface area contributed by atoms with Crippen molar-refractivity contribution in [3.8, 4) is 0 Å². The summed E-state index contributed by atoms with van der Waals surface area (Å²) in [7, 11) is 0. The third kappa shape index (κ3) is 1.51. The van der Waals surface area contributed by atoms with E-state index in [2.05, 4.69) is 24.3 Å². The number of aliphatic hydroxyl groups is 1. The van der Waals surface area contributed by atoms with Crippen LogP contribution in [0.4, 0.5) is 0 Å². The van der Waals surface area contributed by atoms with Crippen molar-refractivity contribution in [3.05, 3.63) is 36.0 Å². The molecule has 1 heteroatoms. The Hall–Kier alpha value is -0.820. The summed E-state index contributed by atoms with van der Waals surface area (Å²) in [6, 6.07) is 0. The van der Waals surface area contributed by atoms with Crippen LogP contribution >= 0.6 is 0 Å². The second-order valence-electron chi connectivity index (χ2n) is 3.71. The molecule has 0 fully saturated rings. The highest BCUT2D eigenvalue weighted by Crippen LogP contribution is 2.32. The molecule has 64 valence electrons. The Balaban J connectivity index is 2.30. The summed E-state index contributed by atoms with van der Waals surface area (Å²) in [4.78, 5) is 0. The Morgan fingerprint density at radius 2 is 2.25 bits per heavy atom. The van der Waals surface area contributed by atoms with Crippen LogP contribution in [0.15, 0.2) is 36.0 Å². The van der Waals surface area contributed by atoms with Crippen LogP contribution in [0.2, 0.25) is 0 Å². The van der Waals surface area contributed by atoms with Gasteiger partial charge in [-0.2, -0.15) is 0 Å². The SMILES string of the molecule is OC12CC=CC=CC(=CCC1)C2. The van der Waals surface area contributed by atoms with E-state index in [1.165, 1.54) is 5.57 Å². The highest BCUT2D eigenvalue weighted by atomic mass is 16.3. The fourth-order valence-electron chi connectivity index (χ4n) is 1.91. The van der Waals surface area contributed by atoms with Gasteiger partial charge in [0.25, 0.3) is 0 Å². The van der Waals surface area contributed by atoms with Gasteiger partial charge in [0, 0.05) is 6.42 Å². The van der Waals surface area contributed by atoms with Crippen molar-refractivity contribution in [2.24, 2.45) is 0 Å². The van der Waals surface area contributed by atoms with Crippen molar-refractivity contribution >= 4 is 0 Å². The molecule has 0 aromatic carbocycles. The Labute approximate surface area is 73.1 Å². The maximum absolute atomic E-state index is 10.1. The molecule has 0 amide bonds. The van der Waals surface area contributed by atoms with Gasteiger partial charge >= 0.3 is 0 Å². The molecule has 0 aromatic heterocycles. The van der Waals surface area contributed by atoms with E-state index in [1.54, 1.807) is 0 Å². The minimum absolute atomic E-state index is 0.453. The average molecular weight is 162 g/mol. The number of allylic oxidation sites excluding steroid dienone is 4. The number of hydrogen-bond acceptors (Lipinski definition) is 1. The predicted octanol–water partition coefficient (Wildman–Crippen LogP) is 2.34. The fourth-order valence-corrected chi connectivity index (χ4v) is 1.91. The van der Waals surface area contributed by atoms with Gasteiger partial charge in [0.1, 0.15) is 0 Å². The smallest absolute Gasteiger partial charge is 0.0725 e. The van der Waals surface area contributed by atoms with Crippen molar-refractivity contribution in [1.82, 2.24) is 0 Å².